The molecule has 4 rings (SSSR count). The summed E-state index contributed by atoms with van der Waals surface area (Å²) in [6.07, 6.45) is 3.48. The Labute approximate surface area is 276 Å². The third kappa shape index (κ3) is 8.39. The fraction of sp³-hybridized carbons (Fsp3) is 0.385. The maximum Gasteiger partial charge on any atom is 0.204 e. The van der Waals surface area contributed by atoms with Gasteiger partial charge in [-0.3, -0.25) is 4.79 Å². The Kier molecular flexibility index (Phi) is 11.7. The van der Waals surface area contributed by atoms with Gasteiger partial charge in [-0.05, 0) is 141 Å². The van der Waals surface area contributed by atoms with Crippen molar-refractivity contribution in [2.24, 2.45) is 4.99 Å². The summed E-state index contributed by atoms with van der Waals surface area (Å²) in [4.78, 5) is 25.5. The number of hydrogen-bond acceptors (Lipinski definition) is 7. The first kappa shape index (κ1) is 34.4. The lowest BCUT2D eigenvalue weighted by atomic mass is 10.0. The molecule has 0 fully saturated rings. The molecule has 2 N–H and O–H groups in total. The van der Waals surface area contributed by atoms with E-state index in [2.05, 4.69) is 136 Å². The minimum absolute atomic E-state index is 0.109. The smallest absolute Gasteiger partial charge is 0.204 e. The van der Waals surface area contributed by atoms with Crippen LogP contribution in [-0.2, 0) is 4.79 Å². The molecule has 1 aliphatic carbocycles. The first-order valence-electron chi connectivity index (χ1n) is 16.7. The van der Waals surface area contributed by atoms with E-state index in [0.717, 1.165) is 48.1 Å². The zero-order chi connectivity index (χ0) is 33.4. The van der Waals surface area contributed by atoms with Crippen LogP contribution in [0.4, 0.5) is 34.1 Å². The molecular weight excluding hydrogens is 568 g/mol. The Morgan fingerprint density at radius 2 is 0.913 bits per heavy atom. The minimum atomic E-state index is -0.109. The van der Waals surface area contributed by atoms with Gasteiger partial charge in [0.2, 0.25) is 5.78 Å². The summed E-state index contributed by atoms with van der Waals surface area (Å²) < 4.78 is 0. The topological polar surface area (TPSA) is 63.2 Å². The molecule has 0 unspecified atom stereocenters. The second-order valence-electron chi connectivity index (χ2n) is 12.5. The molecule has 3 aromatic carbocycles. The van der Waals surface area contributed by atoms with Crippen molar-refractivity contribution < 1.29 is 4.79 Å². The number of carbonyl (C=O) groups excluding carboxylic acids is 1. The van der Waals surface area contributed by atoms with E-state index in [1.54, 1.807) is 6.08 Å². The quantitative estimate of drug-likeness (QED) is 0.175. The van der Waals surface area contributed by atoms with E-state index in [0.29, 0.717) is 35.2 Å². The molecule has 0 saturated heterocycles. The lowest BCUT2D eigenvalue weighted by Crippen LogP contribution is -2.30. The predicted molar refractivity (Wildman–Crippen MR) is 199 cm³/mol. The van der Waals surface area contributed by atoms with Gasteiger partial charge < -0.3 is 25.3 Å². The number of allylic oxidation sites excluding steroid dienone is 2. The van der Waals surface area contributed by atoms with E-state index in [1.807, 2.05) is 30.3 Å². The highest BCUT2D eigenvalue weighted by Gasteiger charge is 2.21. The lowest BCUT2D eigenvalue weighted by Gasteiger charge is -2.28. The first-order valence-corrected chi connectivity index (χ1v) is 16.7. The van der Waals surface area contributed by atoms with Crippen molar-refractivity contribution in [2.75, 3.05) is 45.0 Å². The van der Waals surface area contributed by atoms with E-state index in [-0.39, 0.29) is 5.78 Å². The molecule has 0 bridgehead atoms. The number of anilines is 5. The molecule has 0 aromatic heterocycles. The van der Waals surface area contributed by atoms with Gasteiger partial charge >= 0.3 is 0 Å². The van der Waals surface area contributed by atoms with Crippen molar-refractivity contribution >= 4 is 45.6 Å². The van der Waals surface area contributed by atoms with Gasteiger partial charge in [-0.25, -0.2) is 4.99 Å². The molecule has 7 nitrogen and oxygen atoms in total. The Balaban J connectivity index is 1.65. The standard InChI is InChI=1S/C39H52N6O/c1-10-43(27(4)5)33-19-13-30(14-20-33)40-36-25-38(42-32-17-23-35(24-18-32)45(12-3)29(8)9)39(46)26-37(36)41-31-15-21-34(22-16-31)44(11-2)28(6)7/h13-29,41-42H,10-12H2,1-9H3/b40-36+. The summed E-state index contributed by atoms with van der Waals surface area (Å²) in [5.41, 5.74) is 7.88. The molecule has 0 aliphatic heterocycles. The molecular formula is C39H52N6O. The van der Waals surface area contributed by atoms with Gasteiger partial charge in [0.25, 0.3) is 0 Å². The number of rotatable bonds is 14. The number of benzene rings is 3. The summed E-state index contributed by atoms with van der Waals surface area (Å²) in [6, 6.07) is 26.1. The summed E-state index contributed by atoms with van der Waals surface area (Å²) in [6.45, 7) is 22.5. The van der Waals surface area contributed by atoms with Gasteiger partial charge in [0.05, 0.1) is 22.8 Å². The van der Waals surface area contributed by atoms with Crippen molar-refractivity contribution in [3.05, 3.63) is 96.3 Å². The van der Waals surface area contributed by atoms with Crippen LogP contribution in [0.1, 0.15) is 62.3 Å². The number of carbonyl (C=O) groups is 1. The van der Waals surface area contributed by atoms with Crippen molar-refractivity contribution in [3.63, 3.8) is 0 Å². The van der Waals surface area contributed by atoms with Crippen molar-refractivity contribution in [2.45, 2.75) is 80.4 Å². The van der Waals surface area contributed by atoms with Crippen LogP contribution < -0.4 is 25.3 Å². The monoisotopic (exact) mass is 620 g/mol. The van der Waals surface area contributed by atoms with Crippen LogP contribution in [0.2, 0.25) is 0 Å². The summed E-state index contributed by atoms with van der Waals surface area (Å²) >= 11 is 0. The third-order valence-corrected chi connectivity index (χ3v) is 8.38. The van der Waals surface area contributed by atoms with Crippen LogP contribution in [0.3, 0.4) is 0 Å². The van der Waals surface area contributed by atoms with Gasteiger partial charge in [-0.2, -0.15) is 0 Å². The van der Waals surface area contributed by atoms with Gasteiger partial charge in [0.15, 0.2) is 0 Å². The van der Waals surface area contributed by atoms with Gasteiger partial charge in [0, 0.05) is 72.3 Å². The molecule has 244 valence electrons. The number of nitrogens with one attached hydrogen (secondary N) is 2. The van der Waals surface area contributed by atoms with Gasteiger partial charge in [0.1, 0.15) is 0 Å². The fourth-order valence-electron chi connectivity index (χ4n) is 6.04. The van der Waals surface area contributed by atoms with Crippen LogP contribution in [0.25, 0.3) is 0 Å². The summed E-state index contributed by atoms with van der Waals surface area (Å²) in [5.74, 6) is -0.109. The van der Waals surface area contributed by atoms with E-state index in [4.69, 9.17) is 4.99 Å². The molecule has 7 heteroatoms. The van der Waals surface area contributed by atoms with Gasteiger partial charge in [-0.15, -0.1) is 0 Å². The van der Waals surface area contributed by atoms with Crippen LogP contribution in [0.5, 0.6) is 0 Å². The normalized spacial score (nSPS) is 14.1. The predicted octanol–water partition coefficient (Wildman–Crippen LogP) is 9.04. The second kappa shape index (κ2) is 15.7. The molecule has 3 aromatic rings. The zero-order valence-electron chi connectivity index (χ0n) is 29.1. The van der Waals surface area contributed by atoms with Gasteiger partial charge in [-0.1, -0.05) is 0 Å². The van der Waals surface area contributed by atoms with Crippen molar-refractivity contribution in [3.8, 4) is 0 Å². The maximum absolute atomic E-state index is 13.5. The van der Waals surface area contributed by atoms with E-state index >= 15 is 0 Å². The number of nitrogens with zero attached hydrogens (tertiary/aromatic N) is 4. The molecule has 46 heavy (non-hydrogen) atoms. The molecule has 1 aliphatic rings. The van der Waals surface area contributed by atoms with E-state index < -0.39 is 0 Å². The minimum Gasteiger partial charge on any atom is -0.369 e. The fourth-order valence-corrected chi connectivity index (χ4v) is 6.04. The lowest BCUT2D eigenvalue weighted by molar-refractivity contribution is -0.111. The Bertz CT molecular complexity index is 1530. The highest BCUT2D eigenvalue weighted by molar-refractivity contribution is 6.24. The Hall–Kier alpha value is -4.52. The highest BCUT2D eigenvalue weighted by Crippen LogP contribution is 2.27. The van der Waals surface area contributed by atoms with Crippen molar-refractivity contribution in [1.29, 1.82) is 0 Å². The largest absolute Gasteiger partial charge is 0.369 e. The molecule has 0 spiro atoms. The van der Waals surface area contributed by atoms with Crippen LogP contribution >= 0.6 is 0 Å². The van der Waals surface area contributed by atoms with E-state index in [1.165, 1.54) is 5.69 Å². The van der Waals surface area contributed by atoms with E-state index in [9.17, 15) is 4.79 Å². The molecule has 0 heterocycles. The van der Waals surface area contributed by atoms with Crippen LogP contribution in [0.15, 0.2) is 101 Å². The van der Waals surface area contributed by atoms with Crippen LogP contribution in [0, 0.1) is 0 Å². The third-order valence-electron chi connectivity index (χ3n) is 8.38. The Morgan fingerprint density at radius 3 is 1.28 bits per heavy atom. The Morgan fingerprint density at radius 1 is 0.543 bits per heavy atom. The summed E-state index contributed by atoms with van der Waals surface area (Å²) in [5, 5.41) is 6.83. The maximum atomic E-state index is 13.5. The van der Waals surface area contributed by atoms with Crippen molar-refractivity contribution in [1.82, 2.24) is 0 Å². The average Bonchev–Trinajstić information content (AvgIpc) is 3.02. The second-order valence-corrected chi connectivity index (χ2v) is 12.5. The molecule has 0 atom stereocenters. The highest BCUT2D eigenvalue weighted by atomic mass is 16.1. The number of aliphatic imine (C=N–C) groups is 1. The zero-order valence-corrected chi connectivity index (χ0v) is 29.1. The number of hydrogen-bond donors (Lipinski definition) is 2. The molecule has 0 amide bonds. The average molecular weight is 621 g/mol. The first-order chi connectivity index (χ1) is 22.0. The summed E-state index contributed by atoms with van der Waals surface area (Å²) in [7, 11) is 0. The molecule has 0 radical (unpaired) electrons. The molecule has 0 saturated carbocycles. The van der Waals surface area contributed by atoms with Crippen LogP contribution in [-0.4, -0.2) is 49.3 Å². The SMILES string of the molecule is CCN(c1ccc(/N=C2\C=C(Nc3ccc(N(CC)C(C)C)cc3)C(=O)C=C2Nc2ccc(N(CC)C(C)C)cc2)cc1)C(C)C. The number of ketones is 1.